The molecule has 0 bridgehead atoms. The Morgan fingerprint density at radius 3 is 2.16 bits per heavy atom. The summed E-state index contributed by atoms with van der Waals surface area (Å²) >= 11 is 0. The number of nitrogens with one attached hydrogen (secondary N) is 5. The van der Waals surface area contributed by atoms with E-state index in [9.17, 15) is 19.2 Å². The van der Waals surface area contributed by atoms with Crippen molar-refractivity contribution in [3.8, 4) is 33.9 Å². The van der Waals surface area contributed by atoms with E-state index in [-0.39, 0.29) is 30.3 Å². The van der Waals surface area contributed by atoms with Gasteiger partial charge in [0.05, 0.1) is 56.3 Å². The Hall–Kier alpha value is -6.40. The van der Waals surface area contributed by atoms with Gasteiger partial charge in [0.15, 0.2) is 0 Å². The van der Waals surface area contributed by atoms with Gasteiger partial charge < -0.3 is 49.8 Å². The number of unbranched alkanes of at least 4 members (excludes halogenated alkanes) is 1. The number of H-pyrrole nitrogens is 2. The lowest BCUT2D eigenvalue weighted by Gasteiger charge is -2.34. The van der Waals surface area contributed by atoms with Crippen molar-refractivity contribution in [1.82, 2.24) is 51.0 Å². The Morgan fingerprint density at radius 1 is 0.750 bits per heavy atom. The fourth-order valence-electron chi connectivity index (χ4n) is 8.20. The Morgan fingerprint density at radius 2 is 1.45 bits per heavy atom. The number of aryl methyl sites for hydroxylation is 1. The van der Waals surface area contributed by atoms with Gasteiger partial charge in [0.1, 0.15) is 23.4 Å². The standard InChI is InChI=1S/C41H48N10O7.C5H10O/c1-56-40(54)45-24-36(52)42-16-4-3-7-35-43-22-32(46-35)29-11-9-26-20-28(10-8-27(26)21-29)30-12-13-31(50-49-30)33-23-44-38(47-33)34-6-5-17-51(34)39(53)37(48-41(55)57-2)25-14-18-58-19-15-25;1-2-4-6-5-3-1/h8-13,20-23,25,34,37H,3-7,14-19,24H2,1-2H3,(H,42,52)(H,43,46)(H,44,47)(H,45,54)(H,48,55);1-5H2. The largest absolute Gasteiger partial charge is 0.453 e. The van der Waals surface area contributed by atoms with Gasteiger partial charge in [-0.15, -0.1) is 10.2 Å². The van der Waals surface area contributed by atoms with E-state index < -0.39 is 18.2 Å². The SMILES string of the molecule is C1CCOCC1.COC(=O)NCC(=O)NCCCCc1ncc(-c2ccc3cc(-c4ccc(-c5cnc(C6CCCN6C(=O)C(NC(=O)OC)C6CCOCC6)[nH]5)nn4)ccc3c2)[nH]1. The van der Waals surface area contributed by atoms with Gasteiger partial charge >= 0.3 is 12.2 Å². The number of alkyl carbamates (subject to hydrolysis) is 2. The first-order chi connectivity index (χ1) is 31.3. The fourth-order valence-corrected chi connectivity index (χ4v) is 8.20. The first kappa shape index (κ1) is 45.6. The molecule has 3 aliphatic heterocycles. The van der Waals surface area contributed by atoms with Crippen LogP contribution >= 0.6 is 0 Å². The summed E-state index contributed by atoms with van der Waals surface area (Å²) < 4.78 is 19.9. The second-order valence-electron chi connectivity index (χ2n) is 16.1. The predicted octanol–water partition coefficient (Wildman–Crippen LogP) is 5.87. The summed E-state index contributed by atoms with van der Waals surface area (Å²) in [5.41, 5.74) is 4.94. The molecule has 5 aromatic rings. The summed E-state index contributed by atoms with van der Waals surface area (Å²) in [6.45, 7) is 4.05. The molecule has 2 unspecified atom stereocenters. The monoisotopic (exact) mass is 878 g/mol. The maximum Gasteiger partial charge on any atom is 0.407 e. The number of benzene rings is 2. The minimum atomic E-state index is -0.700. The molecule has 3 aliphatic rings. The number of amides is 4. The van der Waals surface area contributed by atoms with Crippen molar-refractivity contribution < 1.29 is 38.1 Å². The van der Waals surface area contributed by atoms with E-state index in [1.807, 2.05) is 29.3 Å². The van der Waals surface area contributed by atoms with Crippen LogP contribution < -0.4 is 16.0 Å². The third kappa shape index (κ3) is 12.2. The summed E-state index contributed by atoms with van der Waals surface area (Å²) in [5, 5.41) is 19.1. The Balaban J connectivity index is 0.000000942. The van der Waals surface area contributed by atoms with Gasteiger partial charge in [-0.2, -0.15) is 0 Å². The van der Waals surface area contributed by atoms with E-state index in [2.05, 4.69) is 81.2 Å². The molecule has 0 radical (unpaired) electrons. The number of hydrogen-bond acceptors (Lipinski definition) is 12. The maximum absolute atomic E-state index is 13.9. The van der Waals surface area contributed by atoms with Gasteiger partial charge in [0.25, 0.3) is 0 Å². The normalized spacial score (nSPS) is 16.9. The zero-order valence-electron chi connectivity index (χ0n) is 36.5. The lowest BCUT2D eigenvalue weighted by molar-refractivity contribution is -0.136. The van der Waals surface area contributed by atoms with E-state index in [1.54, 1.807) is 6.20 Å². The third-order valence-corrected chi connectivity index (χ3v) is 11.7. The molecule has 8 rings (SSSR count). The van der Waals surface area contributed by atoms with Crippen LogP contribution in [0.5, 0.6) is 0 Å². The topological polar surface area (TPSA) is 228 Å². The maximum atomic E-state index is 13.9. The number of nitrogens with zero attached hydrogens (tertiary/aromatic N) is 5. The van der Waals surface area contributed by atoms with Gasteiger partial charge in [-0.25, -0.2) is 19.6 Å². The number of imidazole rings is 2. The van der Waals surface area contributed by atoms with Crippen molar-refractivity contribution in [3.63, 3.8) is 0 Å². The highest BCUT2D eigenvalue weighted by molar-refractivity contribution is 5.90. The first-order valence-electron chi connectivity index (χ1n) is 22.2. The quantitative estimate of drug-likeness (QED) is 0.0826. The van der Waals surface area contributed by atoms with Gasteiger partial charge in [0, 0.05) is 57.1 Å². The minimum absolute atomic E-state index is 0.0395. The highest BCUT2D eigenvalue weighted by Gasteiger charge is 2.40. The molecule has 0 saturated carbocycles. The molecule has 2 aromatic carbocycles. The lowest BCUT2D eigenvalue weighted by Crippen LogP contribution is -2.53. The van der Waals surface area contributed by atoms with Crippen LogP contribution in [0.1, 0.15) is 75.5 Å². The number of ether oxygens (including phenoxy) is 4. The summed E-state index contributed by atoms with van der Waals surface area (Å²) in [6.07, 6.45) is 11.5. The molecule has 18 nitrogen and oxygen atoms in total. The minimum Gasteiger partial charge on any atom is -0.453 e. The molecular formula is C46H58N10O8. The van der Waals surface area contributed by atoms with E-state index in [4.69, 9.17) is 14.2 Å². The molecule has 3 fully saturated rings. The van der Waals surface area contributed by atoms with E-state index >= 15 is 0 Å². The smallest absolute Gasteiger partial charge is 0.407 e. The number of carbonyl (C=O) groups is 4. The van der Waals surface area contributed by atoms with Crippen molar-refractivity contribution >= 4 is 34.8 Å². The van der Waals surface area contributed by atoms with Crippen LogP contribution in [0.4, 0.5) is 9.59 Å². The zero-order chi connectivity index (χ0) is 44.7. The van der Waals surface area contributed by atoms with Crippen molar-refractivity contribution in [2.45, 2.75) is 76.3 Å². The lowest BCUT2D eigenvalue weighted by atomic mass is 9.90. The van der Waals surface area contributed by atoms with Gasteiger partial charge in [-0.05, 0) is 98.7 Å². The summed E-state index contributed by atoms with van der Waals surface area (Å²) in [6, 6.07) is 15.3. The van der Waals surface area contributed by atoms with Crippen LogP contribution in [0.2, 0.25) is 0 Å². The van der Waals surface area contributed by atoms with Gasteiger partial charge in [0.2, 0.25) is 11.8 Å². The number of hydrogen-bond donors (Lipinski definition) is 5. The summed E-state index contributed by atoms with van der Waals surface area (Å²) in [7, 11) is 2.55. The van der Waals surface area contributed by atoms with Crippen LogP contribution in [0, 0.1) is 5.92 Å². The average molecular weight is 879 g/mol. The molecule has 3 aromatic heterocycles. The van der Waals surface area contributed by atoms with Crippen molar-refractivity contribution in [1.29, 1.82) is 0 Å². The molecule has 5 N–H and O–H groups in total. The van der Waals surface area contributed by atoms with Crippen molar-refractivity contribution in [2.24, 2.45) is 5.92 Å². The summed E-state index contributed by atoms with van der Waals surface area (Å²) in [5.74, 6) is 1.10. The highest BCUT2D eigenvalue weighted by Crippen LogP contribution is 2.34. The van der Waals surface area contributed by atoms with Crippen LogP contribution in [-0.4, -0.2) is 125 Å². The van der Waals surface area contributed by atoms with Crippen molar-refractivity contribution in [2.75, 3.05) is 60.3 Å². The molecule has 6 heterocycles. The Labute approximate surface area is 372 Å². The molecule has 4 amide bonds. The average Bonchev–Trinajstić information content (AvgIpc) is 4.15. The molecule has 340 valence electrons. The number of likely N-dealkylation sites (tertiary alicyclic amines) is 1. The Kier molecular flexibility index (Phi) is 16.3. The number of methoxy groups -OCH3 is 2. The van der Waals surface area contributed by atoms with Crippen LogP contribution in [-0.2, 0) is 35.0 Å². The van der Waals surface area contributed by atoms with Crippen LogP contribution in [0.25, 0.3) is 44.7 Å². The number of fused-ring (bicyclic) bond motifs is 1. The summed E-state index contributed by atoms with van der Waals surface area (Å²) in [4.78, 5) is 66.8. The molecule has 2 atom stereocenters. The van der Waals surface area contributed by atoms with E-state index in [0.717, 1.165) is 84.4 Å². The molecule has 18 heteroatoms. The fraction of sp³-hybridized carbons (Fsp3) is 0.478. The second kappa shape index (κ2) is 22.8. The third-order valence-electron chi connectivity index (χ3n) is 11.7. The predicted molar refractivity (Wildman–Crippen MR) is 238 cm³/mol. The molecule has 0 spiro atoms. The van der Waals surface area contributed by atoms with Gasteiger partial charge in [-0.3, -0.25) is 9.59 Å². The zero-order valence-corrected chi connectivity index (χ0v) is 36.5. The van der Waals surface area contributed by atoms with E-state index in [0.29, 0.717) is 56.4 Å². The first-order valence-corrected chi connectivity index (χ1v) is 22.2. The Bertz CT molecular complexity index is 2310. The van der Waals surface area contributed by atoms with Crippen molar-refractivity contribution in [3.05, 3.63) is 72.6 Å². The molecule has 64 heavy (non-hydrogen) atoms. The number of aromatic amines is 2. The van der Waals surface area contributed by atoms with Crippen LogP contribution in [0.3, 0.4) is 0 Å². The molecule has 0 aliphatic carbocycles. The molecule has 3 saturated heterocycles. The van der Waals surface area contributed by atoms with E-state index in [1.165, 1.54) is 33.5 Å². The highest BCUT2D eigenvalue weighted by atomic mass is 16.5. The number of rotatable bonds is 14. The number of carbonyl (C=O) groups excluding carboxylic acids is 4. The van der Waals surface area contributed by atoms with Crippen LogP contribution in [0.15, 0.2) is 60.9 Å². The molecular weight excluding hydrogens is 821 g/mol. The number of aromatic nitrogens is 6. The van der Waals surface area contributed by atoms with Gasteiger partial charge in [-0.1, -0.05) is 24.3 Å². The second-order valence-corrected chi connectivity index (χ2v) is 16.1.